The van der Waals surface area contributed by atoms with Crippen LogP contribution < -0.4 is 0 Å². The van der Waals surface area contributed by atoms with E-state index in [1.165, 1.54) is 4.90 Å². The van der Waals surface area contributed by atoms with E-state index in [1.54, 1.807) is 18.7 Å². The normalized spacial score (nSPS) is 13.1. The minimum absolute atomic E-state index is 0.179. The topological polar surface area (TPSA) is 46.6 Å². The molecule has 1 aliphatic rings. The highest BCUT2D eigenvalue weighted by Crippen LogP contribution is 2.38. The number of nitrogens with zero attached hydrogens (tertiary/aromatic N) is 1. The number of benzene rings is 3. The van der Waals surface area contributed by atoms with Crippen molar-refractivity contribution in [2.75, 3.05) is 13.2 Å². The highest BCUT2D eigenvalue weighted by molar-refractivity contribution is 7.99. The summed E-state index contributed by atoms with van der Waals surface area (Å²) in [6.45, 7) is 1.82. The van der Waals surface area contributed by atoms with E-state index < -0.39 is 5.97 Å². The molecule has 4 rings (SSSR count). The van der Waals surface area contributed by atoms with Crippen molar-refractivity contribution in [2.24, 2.45) is 0 Å². The highest BCUT2D eigenvalue weighted by Gasteiger charge is 2.32. The van der Waals surface area contributed by atoms with Gasteiger partial charge in [-0.3, -0.25) is 14.5 Å². The Kier molecular flexibility index (Phi) is 5.15. The van der Waals surface area contributed by atoms with E-state index in [0.717, 1.165) is 26.1 Å². The fraction of sp³-hybridized carbons (Fsp3) is 0.136. The lowest BCUT2D eigenvalue weighted by Gasteiger charge is -2.29. The summed E-state index contributed by atoms with van der Waals surface area (Å²) in [4.78, 5) is 28.8. The van der Waals surface area contributed by atoms with Crippen LogP contribution in [0, 0.1) is 0 Å². The Morgan fingerprint density at radius 2 is 1.82 bits per heavy atom. The quantitative estimate of drug-likeness (QED) is 0.454. The van der Waals surface area contributed by atoms with Crippen LogP contribution in [-0.4, -0.2) is 34.9 Å². The lowest BCUT2D eigenvalue weighted by molar-refractivity contribution is -0.143. The molecule has 0 saturated carbocycles. The second-order valence-electron chi connectivity index (χ2n) is 6.26. The summed E-state index contributed by atoms with van der Waals surface area (Å²) in [5, 5.41) is 1.83. The number of hydrogen-bond donors (Lipinski definition) is 0. The number of ether oxygens (including phenoxy) is 1. The van der Waals surface area contributed by atoms with Gasteiger partial charge < -0.3 is 4.74 Å². The van der Waals surface area contributed by atoms with Crippen LogP contribution in [0.4, 0.5) is 0 Å². The maximum Gasteiger partial charge on any atom is 0.326 e. The molecule has 6 heteroatoms. The largest absolute Gasteiger partial charge is 0.465 e. The molecule has 3 aromatic carbocycles. The molecule has 1 amide bonds. The average Bonchev–Trinajstić information content (AvgIpc) is 2.71. The van der Waals surface area contributed by atoms with Crippen LogP contribution >= 0.6 is 24.0 Å². The summed E-state index contributed by atoms with van der Waals surface area (Å²) in [5.74, 6) is -0.733. The summed E-state index contributed by atoms with van der Waals surface area (Å²) in [7, 11) is 0. The first-order valence-electron chi connectivity index (χ1n) is 8.90. The van der Waals surface area contributed by atoms with Gasteiger partial charge in [0.2, 0.25) is 0 Å². The molecule has 0 unspecified atom stereocenters. The minimum atomic E-state index is -0.468. The zero-order valence-electron chi connectivity index (χ0n) is 15.2. The first-order valence-corrected chi connectivity index (χ1v) is 10.1. The van der Waals surface area contributed by atoms with Gasteiger partial charge in [-0.2, -0.15) is 0 Å². The third kappa shape index (κ3) is 3.30. The average molecular weight is 408 g/mol. The summed E-state index contributed by atoms with van der Waals surface area (Å²) in [6.07, 6.45) is 0. The Labute approximate surface area is 172 Å². The van der Waals surface area contributed by atoms with Crippen LogP contribution in [0.25, 0.3) is 10.8 Å². The number of carbonyl (C=O) groups is 2. The number of hydrogen-bond acceptors (Lipinski definition) is 5. The monoisotopic (exact) mass is 407 g/mol. The van der Waals surface area contributed by atoms with Crippen molar-refractivity contribution < 1.29 is 14.3 Å². The molecule has 0 spiro atoms. The van der Waals surface area contributed by atoms with Crippen molar-refractivity contribution in [1.82, 2.24) is 4.90 Å². The lowest BCUT2D eigenvalue weighted by Crippen LogP contribution is -2.43. The van der Waals surface area contributed by atoms with Gasteiger partial charge in [-0.25, -0.2) is 0 Å². The molecule has 0 aliphatic carbocycles. The Hall–Kier alpha value is -2.70. The molecule has 0 bridgehead atoms. The molecule has 0 aromatic heterocycles. The van der Waals surface area contributed by atoms with E-state index in [4.69, 9.17) is 17.0 Å². The molecule has 0 saturated heterocycles. The van der Waals surface area contributed by atoms with Crippen molar-refractivity contribution in [3.63, 3.8) is 0 Å². The predicted octanol–water partition coefficient (Wildman–Crippen LogP) is 4.69. The van der Waals surface area contributed by atoms with Crippen LogP contribution in [0.3, 0.4) is 0 Å². The van der Waals surface area contributed by atoms with E-state index in [1.807, 2.05) is 48.5 Å². The van der Waals surface area contributed by atoms with Crippen molar-refractivity contribution in [1.29, 1.82) is 0 Å². The fourth-order valence-corrected chi connectivity index (χ4v) is 4.58. The summed E-state index contributed by atoms with van der Waals surface area (Å²) >= 11 is 7.21. The van der Waals surface area contributed by atoms with Gasteiger partial charge in [-0.1, -0.05) is 60.4 Å². The van der Waals surface area contributed by atoms with Crippen LogP contribution in [0.2, 0.25) is 0 Å². The Balaban J connectivity index is 1.78. The van der Waals surface area contributed by atoms with Crippen LogP contribution in [-0.2, 0) is 9.53 Å². The number of rotatable bonds is 5. The summed E-state index contributed by atoms with van der Waals surface area (Å²) in [5.41, 5.74) is 1.35. The van der Waals surface area contributed by atoms with Gasteiger partial charge in [0.1, 0.15) is 11.5 Å². The SMILES string of the molecule is CCOC(=O)CN1C(=O)c2ccc(Sc3ccccc3)c3cccc(c23)C1=S. The molecule has 28 heavy (non-hydrogen) atoms. The Bertz CT molecular complexity index is 1070. The van der Waals surface area contributed by atoms with Gasteiger partial charge in [0.15, 0.2) is 0 Å². The molecule has 140 valence electrons. The molecule has 4 nitrogen and oxygen atoms in total. The highest BCUT2D eigenvalue weighted by atomic mass is 32.2. The maximum absolute atomic E-state index is 13.0. The van der Waals surface area contributed by atoms with E-state index >= 15 is 0 Å². The molecule has 0 N–H and O–H groups in total. The Morgan fingerprint density at radius 3 is 2.57 bits per heavy atom. The fourth-order valence-electron chi connectivity index (χ4n) is 3.30. The molecule has 3 aromatic rings. The molecule has 0 radical (unpaired) electrons. The maximum atomic E-state index is 13.0. The second-order valence-corrected chi connectivity index (χ2v) is 7.76. The van der Waals surface area contributed by atoms with Crippen molar-refractivity contribution in [3.05, 3.63) is 71.8 Å². The molecular formula is C22H17NO3S2. The van der Waals surface area contributed by atoms with Crippen LogP contribution in [0.5, 0.6) is 0 Å². The first-order chi connectivity index (χ1) is 13.6. The Morgan fingerprint density at radius 1 is 1.04 bits per heavy atom. The lowest BCUT2D eigenvalue weighted by atomic mass is 9.94. The number of carbonyl (C=O) groups excluding carboxylic acids is 2. The van der Waals surface area contributed by atoms with Crippen molar-refractivity contribution in [3.8, 4) is 0 Å². The second kappa shape index (κ2) is 7.73. The smallest absolute Gasteiger partial charge is 0.326 e. The molecule has 0 atom stereocenters. The zero-order valence-corrected chi connectivity index (χ0v) is 16.8. The van der Waals surface area contributed by atoms with E-state index in [2.05, 4.69) is 12.1 Å². The van der Waals surface area contributed by atoms with Crippen LogP contribution in [0.1, 0.15) is 22.8 Å². The summed E-state index contributed by atoms with van der Waals surface area (Å²) < 4.78 is 4.99. The van der Waals surface area contributed by atoms with E-state index in [9.17, 15) is 9.59 Å². The van der Waals surface area contributed by atoms with Gasteiger partial charge in [-0.05, 0) is 36.6 Å². The van der Waals surface area contributed by atoms with Gasteiger partial charge in [0, 0.05) is 26.3 Å². The zero-order chi connectivity index (χ0) is 19.7. The van der Waals surface area contributed by atoms with Gasteiger partial charge >= 0.3 is 5.97 Å². The molecule has 1 aliphatic heterocycles. The van der Waals surface area contributed by atoms with Crippen molar-refractivity contribution in [2.45, 2.75) is 16.7 Å². The number of amides is 1. The molecular weight excluding hydrogens is 390 g/mol. The van der Waals surface area contributed by atoms with Gasteiger partial charge in [0.05, 0.1) is 6.61 Å². The molecule has 0 fully saturated rings. The summed E-state index contributed by atoms with van der Waals surface area (Å²) in [6, 6.07) is 19.7. The van der Waals surface area contributed by atoms with E-state index in [0.29, 0.717) is 10.6 Å². The first kappa shape index (κ1) is 18.7. The standard InChI is InChI=1S/C22H17NO3S2/c1-2-26-19(24)13-23-21(25)16-11-12-18(28-14-7-4-3-5-8-14)15-9-6-10-17(20(15)16)22(23)27/h3-12H,2,13H2,1H3. The predicted molar refractivity (Wildman–Crippen MR) is 114 cm³/mol. The van der Waals surface area contributed by atoms with Gasteiger partial charge in [-0.15, -0.1) is 0 Å². The number of thiocarbonyl (C=S) groups is 1. The minimum Gasteiger partial charge on any atom is -0.465 e. The third-order valence-corrected chi connectivity index (χ3v) is 6.04. The third-order valence-electron chi connectivity index (χ3n) is 4.52. The van der Waals surface area contributed by atoms with Gasteiger partial charge in [0.25, 0.3) is 5.91 Å². The molecule has 1 heterocycles. The van der Waals surface area contributed by atoms with E-state index in [-0.39, 0.29) is 19.1 Å². The van der Waals surface area contributed by atoms with Crippen molar-refractivity contribution >= 4 is 51.6 Å². The number of esters is 1. The van der Waals surface area contributed by atoms with Crippen LogP contribution in [0.15, 0.2) is 70.5 Å².